The molecule has 1 aromatic rings. The number of rotatable bonds is 7. The summed E-state index contributed by atoms with van der Waals surface area (Å²) in [6, 6.07) is 0. The fraction of sp³-hybridized carbons (Fsp3) is 0.700. The van der Waals surface area contributed by atoms with E-state index >= 15 is 0 Å². The van der Waals surface area contributed by atoms with Crippen LogP contribution in [0.1, 0.15) is 17.6 Å². The molecule has 0 aliphatic rings. The summed E-state index contributed by atoms with van der Waals surface area (Å²) in [7, 11) is 2.12. The Hall–Kier alpha value is -0.100. The molecule has 1 heterocycles. The standard InChI is InChI=1S/C10H19N3S2/c1-3-13(2)6-10-12-9(8-15-10)7-14-5-4-11/h8H,3-7,11H2,1-2H3. The van der Waals surface area contributed by atoms with Gasteiger partial charge in [0.1, 0.15) is 5.01 Å². The van der Waals surface area contributed by atoms with Crippen molar-refractivity contribution in [3.8, 4) is 0 Å². The molecule has 0 saturated carbocycles. The number of thioether (sulfide) groups is 1. The highest BCUT2D eigenvalue weighted by molar-refractivity contribution is 7.98. The summed E-state index contributed by atoms with van der Waals surface area (Å²) in [4.78, 5) is 6.84. The summed E-state index contributed by atoms with van der Waals surface area (Å²) in [5.74, 6) is 2.01. The van der Waals surface area contributed by atoms with Crippen LogP contribution in [-0.2, 0) is 12.3 Å². The first-order chi connectivity index (χ1) is 7.26. The summed E-state index contributed by atoms with van der Waals surface area (Å²) in [6.07, 6.45) is 0. The van der Waals surface area contributed by atoms with Crippen LogP contribution < -0.4 is 5.73 Å². The molecule has 5 heteroatoms. The molecule has 0 aromatic carbocycles. The van der Waals surface area contributed by atoms with Gasteiger partial charge >= 0.3 is 0 Å². The minimum absolute atomic E-state index is 0.750. The predicted octanol–water partition coefficient (Wildman–Crippen LogP) is 1.79. The molecular formula is C10H19N3S2. The van der Waals surface area contributed by atoms with E-state index in [1.54, 1.807) is 11.3 Å². The van der Waals surface area contributed by atoms with Gasteiger partial charge in [-0.1, -0.05) is 6.92 Å². The highest BCUT2D eigenvalue weighted by atomic mass is 32.2. The molecule has 0 saturated heterocycles. The lowest BCUT2D eigenvalue weighted by atomic mass is 10.5. The van der Waals surface area contributed by atoms with Crippen LogP contribution in [0, 0.1) is 0 Å². The lowest BCUT2D eigenvalue weighted by Crippen LogP contribution is -2.16. The average Bonchev–Trinajstić information content (AvgIpc) is 2.66. The smallest absolute Gasteiger partial charge is 0.107 e. The van der Waals surface area contributed by atoms with Crippen molar-refractivity contribution in [3.63, 3.8) is 0 Å². The van der Waals surface area contributed by atoms with Crippen molar-refractivity contribution in [1.29, 1.82) is 0 Å². The van der Waals surface area contributed by atoms with Crippen LogP contribution in [0.25, 0.3) is 0 Å². The van der Waals surface area contributed by atoms with E-state index in [0.29, 0.717) is 0 Å². The molecule has 0 spiro atoms. The van der Waals surface area contributed by atoms with Crippen LogP contribution in [0.3, 0.4) is 0 Å². The van der Waals surface area contributed by atoms with E-state index in [9.17, 15) is 0 Å². The second kappa shape index (κ2) is 7.22. The first-order valence-electron chi connectivity index (χ1n) is 5.16. The zero-order chi connectivity index (χ0) is 11.1. The molecule has 15 heavy (non-hydrogen) atoms. The van der Waals surface area contributed by atoms with Gasteiger partial charge < -0.3 is 5.73 Å². The van der Waals surface area contributed by atoms with Crippen LogP contribution in [0.4, 0.5) is 0 Å². The maximum Gasteiger partial charge on any atom is 0.107 e. The van der Waals surface area contributed by atoms with E-state index in [4.69, 9.17) is 5.73 Å². The second-order valence-electron chi connectivity index (χ2n) is 3.40. The second-order valence-corrected chi connectivity index (χ2v) is 5.45. The van der Waals surface area contributed by atoms with Crippen LogP contribution in [0.5, 0.6) is 0 Å². The van der Waals surface area contributed by atoms with Crippen LogP contribution in [0.15, 0.2) is 5.38 Å². The molecule has 0 radical (unpaired) electrons. The Morgan fingerprint density at radius 2 is 2.40 bits per heavy atom. The first kappa shape index (κ1) is 13.0. The third-order valence-corrected chi connectivity index (χ3v) is 3.96. The van der Waals surface area contributed by atoms with Crippen molar-refractivity contribution in [3.05, 3.63) is 16.1 Å². The molecule has 0 amide bonds. The number of thiazole rings is 1. The van der Waals surface area contributed by atoms with Gasteiger partial charge in [-0.3, -0.25) is 4.90 Å². The summed E-state index contributed by atoms with van der Waals surface area (Å²) in [5, 5.41) is 3.37. The molecule has 0 fully saturated rings. The topological polar surface area (TPSA) is 42.2 Å². The van der Waals surface area contributed by atoms with Crippen LogP contribution in [-0.4, -0.2) is 35.8 Å². The van der Waals surface area contributed by atoms with Gasteiger partial charge in [0.25, 0.3) is 0 Å². The van der Waals surface area contributed by atoms with Crippen molar-refractivity contribution in [2.24, 2.45) is 5.73 Å². The van der Waals surface area contributed by atoms with Gasteiger partial charge in [0.05, 0.1) is 12.2 Å². The Balaban J connectivity index is 2.35. The van der Waals surface area contributed by atoms with E-state index in [-0.39, 0.29) is 0 Å². The largest absolute Gasteiger partial charge is 0.330 e. The minimum atomic E-state index is 0.750. The van der Waals surface area contributed by atoms with Gasteiger partial charge in [-0.15, -0.1) is 11.3 Å². The first-order valence-corrected chi connectivity index (χ1v) is 7.19. The minimum Gasteiger partial charge on any atom is -0.330 e. The lowest BCUT2D eigenvalue weighted by Gasteiger charge is -2.10. The number of aromatic nitrogens is 1. The number of hydrogen-bond acceptors (Lipinski definition) is 5. The summed E-state index contributed by atoms with van der Waals surface area (Å²) in [5.41, 5.74) is 6.63. The Kier molecular flexibility index (Phi) is 6.24. The van der Waals surface area contributed by atoms with Gasteiger partial charge in [-0.05, 0) is 13.6 Å². The van der Waals surface area contributed by atoms with Gasteiger partial charge in [-0.25, -0.2) is 4.98 Å². The Morgan fingerprint density at radius 3 is 3.07 bits per heavy atom. The molecule has 3 nitrogen and oxygen atoms in total. The Labute approximate surface area is 100 Å². The van der Waals surface area contributed by atoms with Crippen molar-refractivity contribution >= 4 is 23.1 Å². The van der Waals surface area contributed by atoms with Crippen molar-refractivity contribution in [1.82, 2.24) is 9.88 Å². The van der Waals surface area contributed by atoms with Gasteiger partial charge in [0.2, 0.25) is 0 Å². The van der Waals surface area contributed by atoms with Crippen molar-refractivity contribution < 1.29 is 0 Å². The fourth-order valence-corrected chi connectivity index (χ4v) is 2.74. The van der Waals surface area contributed by atoms with Gasteiger partial charge in [-0.2, -0.15) is 11.8 Å². The van der Waals surface area contributed by atoms with E-state index in [0.717, 1.165) is 31.1 Å². The van der Waals surface area contributed by atoms with Crippen molar-refractivity contribution in [2.75, 3.05) is 25.9 Å². The normalized spacial score (nSPS) is 11.2. The molecular weight excluding hydrogens is 226 g/mol. The van der Waals surface area contributed by atoms with E-state index < -0.39 is 0 Å². The summed E-state index contributed by atoms with van der Waals surface area (Å²) < 4.78 is 0. The summed E-state index contributed by atoms with van der Waals surface area (Å²) in [6.45, 7) is 4.94. The van der Waals surface area contributed by atoms with Gasteiger partial charge in [0, 0.05) is 23.4 Å². The van der Waals surface area contributed by atoms with Gasteiger partial charge in [0.15, 0.2) is 0 Å². The highest BCUT2D eigenvalue weighted by Gasteiger charge is 2.04. The molecule has 0 aliphatic heterocycles. The quantitative estimate of drug-likeness (QED) is 0.744. The average molecular weight is 245 g/mol. The fourth-order valence-electron chi connectivity index (χ4n) is 1.09. The Morgan fingerprint density at radius 1 is 1.60 bits per heavy atom. The third kappa shape index (κ3) is 4.97. The summed E-state index contributed by atoms with van der Waals surface area (Å²) >= 11 is 3.60. The maximum atomic E-state index is 5.44. The number of hydrogen-bond donors (Lipinski definition) is 1. The SMILES string of the molecule is CCN(C)Cc1nc(CSCCN)cs1. The molecule has 0 atom stereocenters. The zero-order valence-corrected chi connectivity index (χ0v) is 11.0. The Bertz CT molecular complexity index is 275. The predicted molar refractivity (Wildman–Crippen MR) is 69.3 cm³/mol. The molecule has 1 aromatic heterocycles. The monoisotopic (exact) mass is 245 g/mol. The highest BCUT2D eigenvalue weighted by Crippen LogP contribution is 2.16. The zero-order valence-electron chi connectivity index (χ0n) is 9.40. The molecule has 0 bridgehead atoms. The third-order valence-electron chi connectivity index (χ3n) is 2.06. The molecule has 2 N–H and O–H groups in total. The molecule has 0 unspecified atom stereocenters. The molecule has 0 aliphatic carbocycles. The number of nitrogens with zero attached hydrogens (tertiary/aromatic N) is 2. The number of nitrogens with two attached hydrogens (primary N) is 1. The van der Waals surface area contributed by atoms with Crippen LogP contribution in [0.2, 0.25) is 0 Å². The molecule has 1 rings (SSSR count). The van der Waals surface area contributed by atoms with E-state index in [2.05, 4.69) is 29.2 Å². The van der Waals surface area contributed by atoms with Crippen molar-refractivity contribution in [2.45, 2.75) is 19.2 Å². The van der Waals surface area contributed by atoms with Crippen LogP contribution >= 0.6 is 23.1 Å². The van der Waals surface area contributed by atoms with E-state index in [1.165, 1.54) is 10.7 Å². The van der Waals surface area contributed by atoms with E-state index in [1.807, 2.05) is 11.8 Å². The lowest BCUT2D eigenvalue weighted by molar-refractivity contribution is 0.345. The molecule has 86 valence electrons. The maximum absolute atomic E-state index is 5.44.